The third-order valence-corrected chi connectivity index (χ3v) is 3.52. The van der Waals surface area contributed by atoms with Crippen LogP contribution in [0, 0.1) is 0 Å². The van der Waals surface area contributed by atoms with Crippen molar-refractivity contribution in [2.24, 2.45) is 0 Å². The lowest BCUT2D eigenvalue weighted by atomic mass is 10.0. The topological polar surface area (TPSA) is 57.2 Å². The molecule has 0 amide bonds. The van der Waals surface area contributed by atoms with E-state index in [1.165, 1.54) is 0 Å². The summed E-state index contributed by atoms with van der Waals surface area (Å²) >= 11 is 0. The third-order valence-electron chi connectivity index (χ3n) is 3.52. The number of benzene rings is 1. The van der Waals surface area contributed by atoms with Crippen LogP contribution in [0.3, 0.4) is 0 Å². The quantitative estimate of drug-likeness (QED) is 0.759. The minimum Gasteiger partial charge on any atom is -0.493 e. The molecule has 1 aromatic rings. The molecule has 5 heteroatoms. The molecule has 0 fully saturated rings. The number of methoxy groups -OCH3 is 4. The van der Waals surface area contributed by atoms with E-state index in [1.54, 1.807) is 28.4 Å². The van der Waals surface area contributed by atoms with Gasteiger partial charge in [0.05, 0.1) is 34.5 Å². The second kappa shape index (κ2) is 8.62. The molecule has 21 heavy (non-hydrogen) atoms. The van der Waals surface area contributed by atoms with Crippen molar-refractivity contribution in [3.63, 3.8) is 0 Å². The Balaban J connectivity index is 3.07. The number of aliphatic hydroxyl groups is 1. The standard InChI is InChI=1S/C16H26O5/c1-6-12(17)9-7-8-11-10-13(18-2)15(20-4)16(21-5)14(11)19-3/h10,12,17H,6-9H2,1-5H3. The molecule has 0 aliphatic heterocycles. The van der Waals surface area contributed by atoms with Crippen molar-refractivity contribution in [2.45, 2.75) is 38.7 Å². The van der Waals surface area contributed by atoms with Gasteiger partial charge in [-0.05, 0) is 31.7 Å². The predicted molar refractivity (Wildman–Crippen MR) is 81.9 cm³/mol. The molecule has 0 bridgehead atoms. The average Bonchev–Trinajstić information content (AvgIpc) is 2.52. The van der Waals surface area contributed by atoms with Crippen LogP contribution in [0.5, 0.6) is 23.0 Å². The van der Waals surface area contributed by atoms with Crippen LogP contribution in [0.2, 0.25) is 0 Å². The van der Waals surface area contributed by atoms with E-state index in [4.69, 9.17) is 18.9 Å². The summed E-state index contributed by atoms with van der Waals surface area (Å²) in [7, 11) is 6.34. The zero-order valence-electron chi connectivity index (χ0n) is 13.6. The second-order valence-corrected chi connectivity index (χ2v) is 4.79. The number of aliphatic hydroxyl groups excluding tert-OH is 1. The van der Waals surface area contributed by atoms with Crippen molar-refractivity contribution in [1.29, 1.82) is 0 Å². The molecule has 0 radical (unpaired) electrons. The van der Waals surface area contributed by atoms with Crippen molar-refractivity contribution >= 4 is 0 Å². The molecule has 0 spiro atoms. The van der Waals surface area contributed by atoms with E-state index < -0.39 is 0 Å². The molecule has 0 saturated carbocycles. The first-order chi connectivity index (χ1) is 10.1. The molecule has 1 unspecified atom stereocenters. The molecule has 1 rings (SSSR count). The van der Waals surface area contributed by atoms with Gasteiger partial charge in [-0.15, -0.1) is 0 Å². The van der Waals surface area contributed by atoms with Gasteiger partial charge in [0.15, 0.2) is 11.5 Å². The summed E-state index contributed by atoms with van der Waals surface area (Å²) in [6, 6.07) is 1.90. The summed E-state index contributed by atoms with van der Waals surface area (Å²) in [4.78, 5) is 0. The van der Waals surface area contributed by atoms with Gasteiger partial charge in [0, 0.05) is 5.56 Å². The highest BCUT2D eigenvalue weighted by molar-refractivity contribution is 5.62. The molecule has 0 aromatic heterocycles. The monoisotopic (exact) mass is 298 g/mol. The fourth-order valence-electron chi connectivity index (χ4n) is 2.32. The Kier molecular flexibility index (Phi) is 7.15. The van der Waals surface area contributed by atoms with E-state index in [-0.39, 0.29) is 6.10 Å². The minimum absolute atomic E-state index is 0.252. The fourth-order valence-corrected chi connectivity index (χ4v) is 2.32. The van der Waals surface area contributed by atoms with E-state index in [9.17, 15) is 5.11 Å². The number of ether oxygens (including phenoxy) is 4. The van der Waals surface area contributed by atoms with Crippen molar-refractivity contribution < 1.29 is 24.1 Å². The first-order valence-electron chi connectivity index (χ1n) is 7.16. The van der Waals surface area contributed by atoms with E-state index in [1.807, 2.05) is 13.0 Å². The van der Waals surface area contributed by atoms with Crippen molar-refractivity contribution in [3.8, 4) is 23.0 Å². The van der Waals surface area contributed by atoms with Crippen LogP contribution in [0.25, 0.3) is 0 Å². The molecule has 1 atom stereocenters. The molecule has 1 aromatic carbocycles. The Bertz CT molecular complexity index is 445. The lowest BCUT2D eigenvalue weighted by Gasteiger charge is -2.18. The van der Waals surface area contributed by atoms with Gasteiger partial charge in [-0.1, -0.05) is 6.92 Å². The highest BCUT2D eigenvalue weighted by Gasteiger charge is 2.21. The maximum absolute atomic E-state index is 9.65. The number of hydrogen-bond donors (Lipinski definition) is 1. The zero-order valence-corrected chi connectivity index (χ0v) is 13.6. The molecule has 120 valence electrons. The number of aryl methyl sites for hydroxylation is 1. The van der Waals surface area contributed by atoms with Crippen LogP contribution in [-0.4, -0.2) is 39.6 Å². The van der Waals surface area contributed by atoms with E-state index in [0.29, 0.717) is 23.0 Å². The summed E-state index contributed by atoms with van der Waals surface area (Å²) in [5, 5.41) is 9.65. The summed E-state index contributed by atoms with van der Waals surface area (Å²) in [6.07, 6.45) is 2.92. The summed E-state index contributed by atoms with van der Waals surface area (Å²) in [5.74, 6) is 2.32. The number of rotatable bonds is 9. The van der Waals surface area contributed by atoms with E-state index in [0.717, 1.165) is 31.2 Å². The van der Waals surface area contributed by atoms with Crippen LogP contribution in [0.15, 0.2) is 6.07 Å². The Morgan fingerprint density at radius 3 is 2.05 bits per heavy atom. The van der Waals surface area contributed by atoms with Crippen molar-refractivity contribution in [3.05, 3.63) is 11.6 Å². The van der Waals surface area contributed by atoms with E-state index in [2.05, 4.69) is 0 Å². The first kappa shape index (κ1) is 17.4. The normalized spacial score (nSPS) is 11.9. The van der Waals surface area contributed by atoms with Crippen LogP contribution in [0.4, 0.5) is 0 Å². The van der Waals surface area contributed by atoms with Gasteiger partial charge in [0.25, 0.3) is 0 Å². The lowest BCUT2D eigenvalue weighted by molar-refractivity contribution is 0.157. The third kappa shape index (κ3) is 4.17. The SMILES string of the molecule is CCC(O)CCCc1cc(OC)c(OC)c(OC)c1OC. The Morgan fingerprint density at radius 2 is 1.57 bits per heavy atom. The Morgan fingerprint density at radius 1 is 0.952 bits per heavy atom. The number of hydrogen-bond acceptors (Lipinski definition) is 5. The van der Waals surface area contributed by atoms with Gasteiger partial charge in [-0.25, -0.2) is 0 Å². The highest BCUT2D eigenvalue weighted by atomic mass is 16.5. The van der Waals surface area contributed by atoms with Gasteiger partial charge >= 0.3 is 0 Å². The minimum atomic E-state index is -0.252. The van der Waals surface area contributed by atoms with Crippen LogP contribution in [0.1, 0.15) is 31.7 Å². The maximum atomic E-state index is 9.65. The Hall–Kier alpha value is -1.62. The van der Waals surface area contributed by atoms with E-state index >= 15 is 0 Å². The van der Waals surface area contributed by atoms with Gasteiger partial charge < -0.3 is 24.1 Å². The molecule has 0 heterocycles. The van der Waals surface area contributed by atoms with Gasteiger partial charge in [0.1, 0.15) is 0 Å². The summed E-state index contributed by atoms with van der Waals surface area (Å²) in [5.41, 5.74) is 0.982. The Labute approximate surface area is 126 Å². The van der Waals surface area contributed by atoms with Crippen molar-refractivity contribution in [1.82, 2.24) is 0 Å². The molecular weight excluding hydrogens is 272 g/mol. The molecule has 0 aliphatic carbocycles. The van der Waals surface area contributed by atoms with Crippen LogP contribution < -0.4 is 18.9 Å². The molecule has 5 nitrogen and oxygen atoms in total. The van der Waals surface area contributed by atoms with Gasteiger partial charge in [0.2, 0.25) is 11.5 Å². The summed E-state index contributed by atoms with van der Waals surface area (Å²) in [6.45, 7) is 1.98. The predicted octanol–water partition coefficient (Wildman–Crippen LogP) is 2.81. The molecule has 1 N–H and O–H groups in total. The first-order valence-corrected chi connectivity index (χ1v) is 7.16. The van der Waals surface area contributed by atoms with Crippen molar-refractivity contribution in [2.75, 3.05) is 28.4 Å². The van der Waals surface area contributed by atoms with Crippen LogP contribution >= 0.6 is 0 Å². The van der Waals surface area contributed by atoms with Crippen LogP contribution in [-0.2, 0) is 6.42 Å². The smallest absolute Gasteiger partial charge is 0.207 e. The fraction of sp³-hybridized carbons (Fsp3) is 0.625. The van der Waals surface area contributed by atoms with Gasteiger partial charge in [-0.2, -0.15) is 0 Å². The summed E-state index contributed by atoms with van der Waals surface area (Å²) < 4.78 is 21.6. The average molecular weight is 298 g/mol. The molecule has 0 saturated heterocycles. The molecule has 0 aliphatic rings. The lowest BCUT2D eigenvalue weighted by Crippen LogP contribution is -2.06. The second-order valence-electron chi connectivity index (χ2n) is 4.79. The highest BCUT2D eigenvalue weighted by Crippen LogP contribution is 2.46. The maximum Gasteiger partial charge on any atom is 0.207 e. The largest absolute Gasteiger partial charge is 0.493 e. The molecular formula is C16H26O5. The zero-order chi connectivity index (χ0) is 15.8. The van der Waals surface area contributed by atoms with Gasteiger partial charge in [-0.3, -0.25) is 0 Å².